The van der Waals surface area contributed by atoms with Gasteiger partial charge >= 0.3 is 0 Å². The Balaban J connectivity index is 2.22. The number of amides is 1. The summed E-state index contributed by atoms with van der Waals surface area (Å²) < 4.78 is 0. The number of aryl methyl sites for hydroxylation is 2. The van der Waals surface area contributed by atoms with E-state index in [0.29, 0.717) is 17.0 Å². The largest absolute Gasteiger partial charge is 0.289 e. The highest BCUT2D eigenvalue weighted by Gasteiger charge is 2.15. The molecule has 0 saturated carbocycles. The molecule has 7 nitrogen and oxygen atoms in total. The summed E-state index contributed by atoms with van der Waals surface area (Å²) in [4.78, 5) is 15.7. The predicted molar refractivity (Wildman–Crippen MR) is 55.8 cm³/mol. The Morgan fingerprint density at radius 3 is 2.75 bits per heavy atom. The Morgan fingerprint density at radius 1 is 1.38 bits per heavy atom. The second kappa shape index (κ2) is 4.05. The van der Waals surface area contributed by atoms with Crippen LogP contribution < -0.4 is 5.32 Å². The molecular weight excluding hydrogens is 208 g/mol. The third-order valence-corrected chi connectivity index (χ3v) is 2.06. The molecule has 0 fully saturated rings. The van der Waals surface area contributed by atoms with Gasteiger partial charge in [0.05, 0.1) is 23.7 Å². The lowest BCUT2D eigenvalue weighted by Gasteiger charge is -2.01. The fourth-order valence-electron chi connectivity index (χ4n) is 1.35. The highest BCUT2D eigenvalue weighted by molar-refractivity contribution is 6.04. The summed E-state index contributed by atoms with van der Waals surface area (Å²) >= 11 is 0. The molecule has 0 atom stereocenters. The first-order valence-corrected chi connectivity index (χ1v) is 4.65. The number of hydrogen-bond donors (Lipinski definition) is 2. The van der Waals surface area contributed by atoms with Gasteiger partial charge in [-0.1, -0.05) is 0 Å². The lowest BCUT2D eigenvalue weighted by molar-refractivity contribution is 0.102. The van der Waals surface area contributed by atoms with Crippen molar-refractivity contribution in [2.75, 3.05) is 5.32 Å². The highest BCUT2D eigenvalue weighted by atomic mass is 16.1. The van der Waals surface area contributed by atoms with E-state index in [1.165, 1.54) is 12.4 Å². The number of hydrogen-bond acceptors (Lipinski definition) is 5. The maximum atomic E-state index is 11.8. The number of carbonyl (C=O) groups excluding carboxylic acids is 1. The first-order valence-electron chi connectivity index (χ1n) is 4.65. The minimum atomic E-state index is -0.295. The van der Waals surface area contributed by atoms with Gasteiger partial charge in [0, 0.05) is 5.69 Å². The molecule has 2 heterocycles. The van der Waals surface area contributed by atoms with E-state index >= 15 is 0 Å². The zero-order chi connectivity index (χ0) is 11.5. The first kappa shape index (κ1) is 10.2. The zero-order valence-electron chi connectivity index (χ0n) is 8.85. The maximum absolute atomic E-state index is 11.8. The monoisotopic (exact) mass is 218 g/mol. The summed E-state index contributed by atoms with van der Waals surface area (Å²) in [6, 6.07) is 0. The Hall–Kier alpha value is -2.31. The fraction of sp³-hybridized carbons (Fsp3) is 0.222. The van der Waals surface area contributed by atoms with Crippen molar-refractivity contribution < 1.29 is 4.79 Å². The molecule has 2 aromatic heterocycles. The molecule has 0 spiro atoms. The fourth-order valence-corrected chi connectivity index (χ4v) is 1.35. The van der Waals surface area contributed by atoms with Crippen molar-refractivity contribution in [1.82, 2.24) is 25.4 Å². The minimum absolute atomic E-state index is 0.174. The van der Waals surface area contributed by atoms with Crippen LogP contribution in [0.5, 0.6) is 0 Å². The third kappa shape index (κ3) is 1.88. The molecular formula is C9H10N6O. The predicted octanol–water partition coefficient (Wildman–Crippen LogP) is 0.464. The van der Waals surface area contributed by atoms with Gasteiger partial charge in [-0.15, -0.1) is 5.10 Å². The van der Waals surface area contributed by atoms with E-state index in [1.807, 2.05) is 0 Å². The molecule has 7 heteroatoms. The van der Waals surface area contributed by atoms with E-state index in [9.17, 15) is 4.79 Å². The van der Waals surface area contributed by atoms with Crippen LogP contribution in [-0.4, -0.2) is 31.3 Å². The van der Waals surface area contributed by atoms with Crippen LogP contribution in [0, 0.1) is 13.8 Å². The maximum Gasteiger partial charge on any atom is 0.261 e. The third-order valence-electron chi connectivity index (χ3n) is 2.06. The van der Waals surface area contributed by atoms with E-state index in [4.69, 9.17) is 0 Å². The van der Waals surface area contributed by atoms with Crippen LogP contribution in [-0.2, 0) is 0 Å². The minimum Gasteiger partial charge on any atom is -0.289 e. The molecule has 0 aliphatic heterocycles. The Kier molecular flexibility index (Phi) is 2.59. The van der Waals surface area contributed by atoms with E-state index in [0.717, 1.165) is 0 Å². The lowest BCUT2D eigenvalue weighted by Crippen LogP contribution is -2.15. The van der Waals surface area contributed by atoms with Gasteiger partial charge in [0.15, 0.2) is 0 Å². The number of nitrogens with one attached hydrogen (secondary N) is 2. The molecule has 82 valence electrons. The topological polar surface area (TPSA) is 96.5 Å². The lowest BCUT2D eigenvalue weighted by atomic mass is 10.2. The number of H-pyrrole nitrogens is 1. The van der Waals surface area contributed by atoms with Gasteiger partial charge in [-0.25, -0.2) is 4.98 Å². The Bertz CT molecular complexity index is 486. The molecule has 0 aromatic carbocycles. The number of anilines is 1. The Labute approximate surface area is 91.3 Å². The summed E-state index contributed by atoms with van der Waals surface area (Å²) in [6.45, 7) is 3.53. The van der Waals surface area contributed by atoms with Gasteiger partial charge in [0.25, 0.3) is 5.91 Å². The van der Waals surface area contributed by atoms with Crippen LogP contribution in [0.2, 0.25) is 0 Å². The number of rotatable bonds is 2. The normalized spacial score (nSPS) is 10.1. The first-order chi connectivity index (χ1) is 7.68. The average molecular weight is 218 g/mol. The van der Waals surface area contributed by atoms with Gasteiger partial charge in [-0.3, -0.25) is 15.2 Å². The molecule has 2 N–H and O–H groups in total. The quantitative estimate of drug-likeness (QED) is 0.763. The van der Waals surface area contributed by atoms with E-state index < -0.39 is 0 Å². The molecule has 1 amide bonds. The van der Waals surface area contributed by atoms with Crippen LogP contribution in [0.4, 0.5) is 5.95 Å². The summed E-state index contributed by atoms with van der Waals surface area (Å²) in [5, 5.41) is 16.5. The number of aromatic amines is 1. The molecule has 16 heavy (non-hydrogen) atoms. The van der Waals surface area contributed by atoms with Gasteiger partial charge in [0.1, 0.15) is 0 Å². The van der Waals surface area contributed by atoms with Crippen molar-refractivity contribution in [3.05, 3.63) is 29.3 Å². The summed E-state index contributed by atoms with van der Waals surface area (Å²) in [6.07, 6.45) is 2.89. The van der Waals surface area contributed by atoms with E-state index in [-0.39, 0.29) is 11.9 Å². The average Bonchev–Trinajstić information content (AvgIpc) is 2.60. The smallest absolute Gasteiger partial charge is 0.261 e. The van der Waals surface area contributed by atoms with Crippen LogP contribution >= 0.6 is 0 Å². The van der Waals surface area contributed by atoms with Crippen molar-refractivity contribution in [3.8, 4) is 0 Å². The van der Waals surface area contributed by atoms with E-state index in [1.54, 1.807) is 13.8 Å². The Morgan fingerprint density at radius 2 is 2.19 bits per heavy atom. The molecule has 0 bridgehead atoms. The summed E-state index contributed by atoms with van der Waals surface area (Å²) in [5.74, 6) is -0.121. The van der Waals surface area contributed by atoms with Crippen LogP contribution in [0.3, 0.4) is 0 Å². The van der Waals surface area contributed by atoms with Crippen molar-refractivity contribution in [3.63, 3.8) is 0 Å². The summed E-state index contributed by atoms with van der Waals surface area (Å²) in [5.41, 5.74) is 1.85. The van der Waals surface area contributed by atoms with Crippen LogP contribution in [0.25, 0.3) is 0 Å². The zero-order valence-corrected chi connectivity index (χ0v) is 8.85. The second-order valence-corrected chi connectivity index (χ2v) is 3.23. The molecule has 0 saturated heterocycles. The number of aromatic nitrogens is 5. The highest BCUT2D eigenvalue weighted by Crippen LogP contribution is 2.10. The standard InChI is InChI=1S/C9H10N6O/c1-5-7(6(2)14-13-5)8(16)12-9-10-3-4-11-15-9/h3-4H,1-2H3,(H,13,14)(H,10,12,15,16). The van der Waals surface area contributed by atoms with Crippen LogP contribution in [0.15, 0.2) is 12.4 Å². The number of carbonyl (C=O) groups is 1. The van der Waals surface area contributed by atoms with Crippen LogP contribution in [0.1, 0.15) is 21.7 Å². The van der Waals surface area contributed by atoms with Crippen molar-refractivity contribution in [1.29, 1.82) is 0 Å². The molecule has 2 aromatic rings. The molecule has 0 aliphatic rings. The van der Waals surface area contributed by atoms with Crippen molar-refractivity contribution >= 4 is 11.9 Å². The van der Waals surface area contributed by atoms with Crippen molar-refractivity contribution in [2.24, 2.45) is 0 Å². The second-order valence-electron chi connectivity index (χ2n) is 3.23. The molecule has 0 unspecified atom stereocenters. The molecule has 0 aliphatic carbocycles. The van der Waals surface area contributed by atoms with Gasteiger partial charge in [0.2, 0.25) is 5.95 Å². The van der Waals surface area contributed by atoms with Gasteiger partial charge < -0.3 is 0 Å². The van der Waals surface area contributed by atoms with Crippen molar-refractivity contribution in [2.45, 2.75) is 13.8 Å². The van der Waals surface area contributed by atoms with Gasteiger partial charge in [-0.05, 0) is 13.8 Å². The summed E-state index contributed by atoms with van der Waals surface area (Å²) in [7, 11) is 0. The van der Waals surface area contributed by atoms with Gasteiger partial charge in [-0.2, -0.15) is 10.2 Å². The molecule has 2 rings (SSSR count). The number of nitrogens with zero attached hydrogens (tertiary/aromatic N) is 4. The molecule has 0 radical (unpaired) electrons. The van der Waals surface area contributed by atoms with E-state index in [2.05, 4.69) is 30.7 Å². The SMILES string of the molecule is Cc1n[nH]c(C)c1C(=O)Nc1nccnn1.